The van der Waals surface area contributed by atoms with Crippen LogP contribution in [-0.2, 0) is 5.41 Å². The van der Waals surface area contributed by atoms with E-state index >= 15 is 0 Å². The van der Waals surface area contributed by atoms with E-state index in [0.717, 1.165) is 123 Å². The summed E-state index contributed by atoms with van der Waals surface area (Å²) in [5.41, 5.74) is 26.1. The topological polar surface area (TPSA) is 24.5 Å². The van der Waals surface area contributed by atoms with Gasteiger partial charge in [0.05, 0.1) is 39.1 Å². The van der Waals surface area contributed by atoms with Gasteiger partial charge in [0.1, 0.15) is 0 Å². The van der Waals surface area contributed by atoms with Crippen LogP contribution in [0.4, 0.5) is 45.5 Å². The molecule has 486 valence electrons. The summed E-state index contributed by atoms with van der Waals surface area (Å²) >= 11 is 0. The molecule has 0 fully saturated rings. The molecular weight excluding hydrogens is 1250 g/mol. The van der Waals surface area contributed by atoms with Crippen molar-refractivity contribution in [2.75, 3.05) is 14.7 Å². The van der Waals surface area contributed by atoms with E-state index in [9.17, 15) is 0 Å². The maximum absolute atomic E-state index is 2.61. The van der Waals surface area contributed by atoms with Crippen molar-refractivity contribution < 1.29 is 0 Å². The molecule has 0 spiro atoms. The summed E-state index contributed by atoms with van der Waals surface area (Å²) in [5, 5.41) is 7.27. The van der Waals surface area contributed by atoms with Crippen molar-refractivity contribution in [1.29, 1.82) is 0 Å². The molecule has 0 saturated carbocycles. The number of para-hydroxylation sites is 11. The molecule has 2 aliphatic rings. The Morgan fingerprint density at radius 3 is 0.913 bits per heavy atom. The first-order chi connectivity index (χ1) is 51.0. The van der Waals surface area contributed by atoms with Crippen LogP contribution in [0.1, 0.15) is 12.5 Å². The maximum atomic E-state index is 2.61. The predicted octanol–water partition coefficient (Wildman–Crippen LogP) is 25.8. The molecule has 0 amide bonds. The molecule has 2 atom stereocenters. The molecule has 103 heavy (non-hydrogen) atoms. The second kappa shape index (κ2) is 24.2. The molecule has 15 aromatic carbocycles. The van der Waals surface area contributed by atoms with Gasteiger partial charge < -0.3 is 28.4 Å². The highest BCUT2D eigenvalue weighted by Crippen LogP contribution is 2.54. The second-order valence-corrected chi connectivity index (χ2v) is 27.5. The van der Waals surface area contributed by atoms with Crippen molar-refractivity contribution in [2.45, 2.75) is 18.4 Å². The van der Waals surface area contributed by atoms with Crippen LogP contribution in [0.2, 0.25) is 0 Å². The van der Waals surface area contributed by atoms with E-state index in [4.69, 9.17) is 0 Å². The standard InChI is InChI=1S/C97H68N6/c1-97-53-29-28-52-96(97)103(95-51-27-20-44-88(95)97)77-58-67(55-69(59-77)70-60-78(98(72-30-6-2-7-31-72)73-32-8-3-9-33-73)64-79(61-70)99(74-34-10-4-11-35-74)75-36-12-5-13-37-75)66-54-68(57-76(56-66)100-89-45-21-14-38-82(89)83-39-15-22-46-90(83)100)71-62-80(101-91-47-23-16-40-84(91)85-41-17-24-48-92(85)101)65-81(63-71)102-93-49-25-18-42-86(93)87-43-19-26-50-94(87)102/h2-65,96H,1H3. The van der Waals surface area contributed by atoms with Gasteiger partial charge in [-0.3, -0.25) is 0 Å². The van der Waals surface area contributed by atoms with Crippen LogP contribution in [0.15, 0.2) is 388 Å². The number of anilines is 8. The zero-order valence-corrected chi connectivity index (χ0v) is 56.7. The minimum Gasteiger partial charge on any atom is -0.333 e. The van der Waals surface area contributed by atoms with Crippen LogP contribution in [-0.4, -0.2) is 19.7 Å². The Balaban J connectivity index is 0.894. The summed E-state index contributed by atoms with van der Waals surface area (Å²) in [6.07, 6.45) is 9.27. The number of rotatable bonds is 13. The predicted molar refractivity (Wildman–Crippen MR) is 433 cm³/mol. The number of allylic oxidation sites excluding steroid dienone is 2. The largest absolute Gasteiger partial charge is 0.333 e. The number of fused-ring (bicyclic) bond motifs is 12. The highest BCUT2D eigenvalue weighted by molar-refractivity contribution is 6.12. The number of hydrogen-bond acceptors (Lipinski definition) is 3. The van der Waals surface area contributed by atoms with E-state index < -0.39 is 0 Å². The van der Waals surface area contributed by atoms with Gasteiger partial charge in [-0.25, -0.2) is 0 Å². The van der Waals surface area contributed by atoms with Crippen molar-refractivity contribution in [3.63, 3.8) is 0 Å². The molecule has 2 unspecified atom stereocenters. The van der Waals surface area contributed by atoms with Gasteiger partial charge in [0.2, 0.25) is 0 Å². The van der Waals surface area contributed by atoms with Crippen LogP contribution in [0.25, 0.3) is 116 Å². The molecule has 1 aliphatic carbocycles. The van der Waals surface area contributed by atoms with Crippen molar-refractivity contribution in [3.05, 3.63) is 394 Å². The lowest BCUT2D eigenvalue weighted by molar-refractivity contribution is 0.551. The fourth-order valence-corrected chi connectivity index (χ4v) is 16.9. The summed E-state index contributed by atoms with van der Waals surface area (Å²) in [7, 11) is 0. The number of nitrogens with zero attached hydrogens (tertiary/aromatic N) is 6. The smallest absolute Gasteiger partial charge is 0.0655 e. The van der Waals surface area contributed by atoms with Crippen LogP contribution in [0.5, 0.6) is 0 Å². The maximum Gasteiger partial charge on any atom is 0.0655 e. The van der Waals surface area contributed by atoms with Gasteiger partial charge in [-0.2, -0.15) is 0 Å². The number of benzene rings is 15. The van der Waals surface area contributed by atoms with Crippen molar-refractivity contribution in [2.24, 2.45) is 0 Å². The van der Waals surface area contributed by atoms with Crippen LogP contribution < -0.4 is 14.7 Å². The summed E-state index contributed by atoms with van der Waals surface area (Å²) in [6.45, 7) is 2.41. The first-order valence-electron chi connectivity index (χ1n) is 35.6. The van der Waals surface area contributed by atoms with E-state index in [1.54, 1.807) is 0 Å². The molecule has 0 N–H and O–H groups in total. The van der Waals surface area contributed by atoms with Gasteiger partial charge >= 0.3 is 0 Å². The monoisotopic (exact) mass is 1320 g/mol. The quantitative estimate of drug-likeness (QED) is 0.115. The lowest BCUT2D eigenvalue weighted by Crippen LogP contribution is -2.39. The van der Waals surface area contributed by atoms with Crippen LogP contribution in [0, 0.1) is 0 Å². The van der Waals surface area contributed by atoms with Crippen molar-refractivity contribution in [3.8, 4) is 50.4 Å². The second-order valence-electron chi connectivity index (χ2n) is 27.5. The molecule has 1 aliphatic heterocycles. The Morgan fingerprint density at radius 2 is 0.544 bits per heavy atom. The average molecular weight is 1320 g/mol. The molecule has 4 heterocycles. The minimum atomic E-state index is -0.300. The summed E-state index contributed by atoms with van der Waals surface area (Å²) in [4.78, 5) is 7.41. The first-order valence-corrected chi connectivity index (χ1v) is 35.6. The van der Waals surface area contributed by atoms with Crippen LogP contribution >= 0.6 is 0 Å². The van der Waals surface area contributed by atoms with Gasteiger partial charge in [-0.05, 0) is 210 Å². The average Bonchev–Trinajstić information content (AvgIpc) is 1.58. The normalized spacial score (nSPS) is 14.7. The molecule has 6 heteroatoms. The van der Waals surface area contributed by atoms with E-state index in [1.807, 2.05) is 0 Å². The van der Waals surface area contributed by atoms with Crippen molar-refractivity contribution in [1.82, 2.24) is 13.7 Å². The molecule has 0 bridgehead atoms. The zero-order chi connectivity index (χ0) is 68.1. The molecular formula is C97H68N6. The fraction of sp³-hybridized carbons (Fsp3) is 0.0309. The lowest BCUT2D eigenvalue weighted by Gasteiger charge is -2.35. The highest BCUT2D eigenvalue weighted by atomic mass is 15.2. The molecule has 6 nitrogen and oxygen atoms in total. The lowest BCUT2D eigenvalue weighted by atomic mass is 9.76. The summed E-state index contributed by atoms with van der Waals surface area (Å²) in [6, 6.07) is 135. The Kier molecular flexibility index (Phi) is 14.0. The van der Waals surface area contributed by atoms with Gasteiger partial charge in [0.15, 0.2) is 0 Å². The van der Waals surface area contributed by atoms with Crippen LogP contribution in [0.3, 0.4) is 0 Å². The third-order valence-corrected chi connectivity index (χ3v) is 21.5. The van der Waals surface area contributed by atoms with E-state index in [0.29, 0.717) is 0 Å². The fourth-order valence-electron chi connectivity index (χ4n) is 16.9. The van der Waals surface area contributed by atoms with Crippen molar-refractivity contribution >= 4 is 111 Å². The molecule has 20 rings (SSSR count). The van der Waals surface area contributed by atoms with Gasteiger partial charge in [-0.15, -0.1) is 0 Å². The highest BCUT2D eigenvalue weighted by Gasteiger charge is 2.46. The van der Waals surface area contributed by atoms with E-state index in [2.05, 4.69) is 424 Å². The minimum absolute atomic E-state index is 0.0134. The molecule has 0 radical (unpaired) electrons. The first kappa shape index (κ1) is 59.6. The molecule has 0 saturated heterocycles. The van der Waals surface area contributed by atoms with E-state index in [-0.39, 0.29) is 11.5 Å². The Hall–Kier alpha value is -13.4. The third-order valence-electron chi connectivity index (χ3n) is 21.5. The Morgan fingerprint density at radius 1 is 0.252 bits per heavy atom. The van der Waals surface area contributed by atoms with Gasteiger partial charge in [-0.1, -0.05) is 224 Å². The number of aromatic nitrogens is 3. The van der Waals surface area contributed by atoms with Gasteiger partial charge in [0, 0.05) is 100 Å². The molecule has 3 aromatic heterocycles. The third kappa shape index (κ3) is 9.85. The summed E-state index contributed by atoms with van der Waals surface area (Å²) < 4.78 is 7.45. The summed E-state index contributed by atoms with van der Waals surface area (Å²) in [5.74, 6) is 0. The Bertz CT molecular complexity index is 5950. The van der Waals surface area contributed by atoms with E-state index in [1.165, 1.54) is 43.6 Å². The zero-order valence-electron chi connectivity index (χ0n) is 56.7. The number of hydrogen-bond donors (Lipinski definition) is 0. The molecule has 18 aromatic rings. The Labute approximate surface area is 598 Å². The SMILES string of the molecule is CC12C=CC=CC1N(c1cc(-c3cc(N(c4ccccc4)c4ccccc4)cc(N(c4ccccc4)c4ccccc4)c3)cc(-c3cc(-c4cc(-n5c6ccccc6c6ccccc65)cc(-n5c6ccccc6c6ccccc65)c4)cc(-n4c5ccccc5c5ccccc54)c3)c1)c1ccccc12. The van der Waals surface area contributed by atoms with Gasteiger partial charge in [0.25, 0.3) is 0 Å².